The molecule has 0 bridgehead atoms. The van der Waals surface area contributed by atoms with Crippen LogP contribution in [0.1, 0.15) is 64.2 Å². The monoisotopic (exact) mass is 432 g/mol. The predicted octanol–water partition coefficient (Wildman–Crippen LogP) is 5.71. The van der Waals surface area contributed by atoms with Crippen LogP contribution in [0.5, 0.6) is 0 Å². The Labute approximate surface area is 122 Å². The Morgan fingerprint density at radius 2 is 0.933 bits per heavy atom. The molecule has 0 amide bonds. The summed E-state index contributed by atoms with van der Waals surface area (Å²) in [5, 5.41) is 0. The number of hydrogen-bond donors (Lipinski definition) is 0. The topological polar surface area (TPSA) is 0 Å². The lowest BCUT2D eigenvalue weighted by Gasteiger charge is -2.41. The molecule has 0 atom stereocenters. The van der Waals surface area contributed by atoms with Crippen molar-refractivity contribution in [3.05, 3.63) is 0 Å². The molecular weight excluding hydrogens is 410 g/mol. The van der Waals surface area contributed by atoms with E-state index in [2.05, 4.69) is 45.2 Å². The molecule has 0 radical (unpaired) electrons. The van der Waals surface area contributed by atoms with Gasteiger partial charge in [0.05, 0.1) is 1.43 Å². The molecule has 88 valence electrons. The summed E-state index contributed by atoms with van der Waals surface area (Å²) < 4.78 is 0.580. The van der Waals surface area contributed by atoms with Crippen molar-refractivity contribution in [1.29, 1.82) is 0 Å². The first kappa shape index (κ1) is 12.9. The van der Waals surface area contributed by atoms with Crippen molar-refractivity contribution in [3.8, 4) is 0 Å². The molecular formula is C13H22I2. The van der Waals surface area contributed by atoms with Crippen molar-refractivity contribution >= 4 is 45.2 Å². The number of alkyl halides is 2. The maximum absolute atomic E-state index is 2.80. The van der Waals surface area contributed by atoms with Crippen LogP contribution in [-0.2, 0) is 0 Å². The molecule has 2 fully saturated rings. The van der Waals surface area contributed by atoms with Crippen molar-refractivity contribution in [2.24, 2.45) is 11.8 Å². The first-order valence-corrected chi connectivity index (χ1v) is 8.75. The minimum absolute atomic E-state index is 0.580. The average molecular weight is 432 g/mol. The van der Waals surface area contributed by atoms with Gasteiger partial charge in [-0.25, -0.2) is 0 Å². The lowest BCUT2D eigenvalue weighted by Crippen LogP contribution is -2.35. The second-order valence-electron chi connectivity index (χ2n) is 5.34. The summed E-state index contributed by atoms with van der Waals surface area (Å²) in [6, 6.07) is 0. The van der Waals surface area contributed by atoms with Gasteiger partial charge in [-0.05, 0) is 37.5 Å². The summed E-state index contributed by atoms with van der Waals surface area (Å²) >= 11 is 5.60. The molecule has 0 unspecified atom stereocenters. The molecule has 2 rings (SSSR count). The molecule has 0 aliphatic heterocycles. The lowest BCUT2D eigenvalue weighted by molar-refractivity contribution is 0.255. The fraction of sp³-hybridized carbons (Fsp3) is 1.00. The molecule has 0 spiro atoms. The standard InChI is InChI=1S/C13H22I2/c14-13(15,11-7-3-1-4-8-11)12-9-5-2-6-10-12/h11-12H,1-10H2. The number of rotatable bonds is 2. The zero-order chi connectivity index (χ0) is 10.7. The minimum atomic E-state index is 0.580. The molecule has 0 saturated heterocycles. The minimum Gasteiger partial charge on any atom is -0.0666 e. The Morgan fingerprint density at radius 3 is 1.27 bits per heavy atom. The third kappa shape index (κ3) is 3.23. The Kier molecular flexibility index (Phi) is 5.05. The third-order valence-corrected chi connectivity index (χ3v) is 7.82. The van der Waals surface area contributed by atoms with Gasteiger partial charge >= 0.3 is 0 Å². The van der Waals surface area contributed by atoms with Gasteiger partial charge in [0.1, 0.15) is 0 Å². The normalized spacial score (nSPS) is 26.8. The van der Waals surface area contributed by atoms with Crippen LogP contribution in [0.3, 0.4) is 0 Å². The van der Waals surface area contributed by atoms with Crippen molar-refractivity contribution in [2.75, 3.05) is 0 Å². The van der Waals surface area contributed by atoms with E-state index in [0.717, 1.165) is 11.8 Å². The maximum atomic E-state index is 2.80. The highest BCUT2D eigenvalue weighted by atomic mass is 127. The Balaban J connectivity index is 1.96. The average Bonchev–Trinajstić information content (AvgIpc) is 2.31. The van der Waals surface area contributed by atoms with Gasteiger partial charge in [0, 0.05) is 0 Å². The fourth-order valence-corrected chi connectivity index (χ4v) is 5.80. The molecule has 0 heterocycles. The fourth-order valence-electron chi connectivity index (χ4n) is 3.31. The zero-order valence-electron chi connectivity index (χ0n) is 9.48. The van der Waals surface area contributed by atoms with Gasteiger partial charge < -0.3 is 0 Å². The molecule has 0 N–H and O–H groups in total. The summed E-state index contributed by atoms with van der Waals surface area (Å²) in [6.45, 7) is 0. The van der Waals surface area contributed by atoms with Crippen LogP contribution in [0.2, 0.25) is 0 Å². The second kappa shape index (κ2) is 5.87. The van der Waals surface area contributed by atoms with Crippen LogP contribution in [0.25, 0.3) is 0 Å². The highest BCUT2D eigenvalue weighted by molar-refractivity contribution is 14.2. The van der Waals surface area contributed by atoms with E-state index in [1.165, 1.54) is 64.2 Å². The molecule has 15 heavy (non-hydrogen) atoms. The largest absolute Gasteiger partial charge is 0.0790 e. The summed E-state index contributed by atoms with van der Waals surface area (Å²) in [6.07, 6.45) is 15.0. The van der Waals surface area contributed by atoms with E-state index >= 15 is 0 Å². The third-order valence-electron chi connectivity index (χ3n) is 4.30. The highest BCUT2D eigenvalue weighted by Gasteiger charge is 2.41. The maximum Gasteiger partial charge on any atom is 0.0790 e. The van der Waals surface area contributed by atoms with E-state index in [9.17, 15) is 0 Å². The Hall–Kier alpha value is 1.46. The lowest BCUT2D eigenvalue weighted by atomic mass is 9.77. The molecule has 2 aliphatic rings. The van der Waals surface area contributed by atoms with Crippen molar-refractivity contribution in [1.82, 2.24) is 0 Å². The first-order chi connectivity index (χ1) is 7.21. The van der Waals surface area contributed by atoms with Crippen molar-refractivity contribution < 1.29 is 0 Å². The Bertz CT molecular complexity index is 169. The van der Waals surface area contributed by atoms with Gasteiger partial charge in [-0.2, -0.15) is 0 Å². The van der Waals surface area contributed by atoms with Gasteiger partial charge in [-0.15, -0.1) is 0 Å². The molecule has 0 aromatic carbocycles. The van der Waals surface area contributed by atoms with E-state index in [-0.39, 0.29) is 0 Å². The van der Waals surface area contributed by atoms with E-state index in [1.807, 2.05) is 0 Å². The molecule has 0 nitrogen and oxygen atoms in total. The van der Waals surface area contributed by atoms with Gasteiger partial charge in [-0.1, -0.05) is 83.7 Å². The number of halogens is 2. The van der Waals surface area contributed by atoms with Crippen LogP contribution in [0.15, 0.2) is 0 Å². The highest BCUT2D eigenvalue weighted by Crippen LogP contribution is 2.52. The first-order valence-electron chi connectivity index (χ1n) is 6.59. The molecule has 2 heteroatoms. The Morgan fingerprint density at radius 1 is 0.600 bits per heavy atom. The van der Waals surface area contributed by atoms with Crippen LogP contribution < -0.4 is 0 Å². The van der Waals surface area contributed by atoms with Crippen LogP contribution in [-0.4, -0.2) is 1.43 Å². The van der Waals surface area contributed by atoms with Crippen LogP contribution >= 0.6 is 45.2 Å². The smallest absolute Gasteiger partial charge is 0.0666 e. The quantitative estimate of drug-likeness (QED) is 0.387. The zero-order valence-corrected chi connectivity index (χ0v) is 13.8. The summed E-state index contributed by atoms with van der Waals surface area (Å²) in [4.78, 5) is 0. The van der Waals surface area contributed by atoms with Gasteiger partial charge in [0.2, 0.25) is 0 Å². The van der Waals surface area contributed by atoms with Gasteiger partial charge in [0.15, 0.2) is 0 Å². The van der Waals surface area contributed by atoms with E-state index in [4.69, 9.17) is 0 Å². The molecule has 2 saturated carbocycles. The summed E-state index contributed by atoms with van der Waals surface area (Å²) in [7, 11) is 0. The molecule has 0 aromatic heterocycles. The van der Waals surface area contributed by atoms with Crippen LogP contribution in [0.4, 0.5) is 0 Å². The summed E-state index contributed by atoms with van der Waals surface area (Å²) in [5.41, 5.74) is 0. The van der Waals surface area contributed by atoms with Crippen molar-refractivity contribution in [3.63, 3.8) is 0 Å². The van der Waals surface area contributed by atoms with Gasteiger partial charge in [-0.3, -0.25) is 0 Å². The van der Waals surface area contributed by atoms with E-state index in [0.29, 0.717) is 1.43 Å². The van der Waals surface area contributed by atoms with Crippen LogP contribution in [0, 0.1) is 11.8 Å². The SMILES string of the molecule is IC(I)(C1CCCCC1)C1CCCCC1. The van der Waals surface area contributed by atoms with E-state index in [1.54, 1.807) is 0 Å². The predicted molar refractivity (Wildman–Crippen MR) is 83.9 cm³/mol. The van der Waals surface area contributed by atoms with Crippen molar-refractivity contribution in [2.45, 2.75) is 65.6 Å². The summed E-state index contributed by atoms with van der Waals surface area (Å²) in [5.74, 6) is 2.02. The molecule has 2 aliphatic carbocycles. The molecule has 0 aromatic rings. The van der Waals surface area contributed by atoms with E-state index < -0.39 is 0 Å². The second-order valence-corrected chi connectivity index (χ2v) is 11.0. The van der Waals surface area contributed by atoms with Gasteiger partial charge in [0.25, 0.3) is 0 Å². The number of hydrogen-bond acceptors (Lipinski definition) is 0.